The van der Waals surface area contributed by atoms with Crippen molar-refractivity contribution in [2.24, 2.45) is 0 Å². The summed E-state index contributed by atoms with van der Waals surface area (Å²) in [4.78, 5) is 13.9. The van der Waals surface area contributed by atoms with Gasteiger partial charge in [-0.05, 0) is 38.2 Å². The van der Waals surface area contributed by atoms with Gasteiger partial charge in [-0.1, -0.05) is 29.8 Å². The summed E-state index contributed by atoms with van der Waals surface area (Å²) in [6.45, 7) is 1.62. The molecule has 0 aliphatic carbocycles. The van der Waals surface area contributed by atoms with E-state index in [4.69, 9.17) is 11.6 Å². The molecule has 146 valence electrons. The van der Waals surface area contributed by atoms with Crippen molar-refractivity contribution in [3.8, 4) is 5.75 Å². The largest absolute Gasteiger partial charge is 0.573 e. The Morgan fingerprint density at radius 2 is 1.93 bits per heavy atom. The minimum atomic E-state index is -4.81. The van der Waals surface area contributed by atoms with E-state index < -0.39 is 24.1 Å². The van der Waals surface area contributed by atoms with E-state index in [2.05, 4.69) is 10.1 Å². The van der Waals surface area contributed by atoms with Gasteiger partial charge in [0.15, 0.2) is 0 Å². The number of nitrogens with one attached hydrogen (secondary N) is 1. The summed E-state index contributed by atoms with van der Waals surface area (Å²) >= 11 is 5.88. The number of ether oxygens (including phenoxy) is 1. The standard InChI is InChI=1S/C18H17ClF4N2O2/c1-11(17(26)24-15-8-7-13(20)9-14(15)19)25(2)10-12-5-3-4-6-16(12)27-18(21,22)23/h3-9,11H,10H2,1-2H3,(H,24,26). The van der Waals surface area contributed by atoms with Crippen LogP contribution in [0.4, 0.5) is 23.2 Å². The smallest absolute Gasteiger partial charge is 0.405 e. The van der Waals surface area contributed by atoms with Crippen LogP contribution in [0.2, 0.25) is 5.02 Å². The van der Waals surface area contributed by atoms with Gasteiger partial charge < -0.3 is 10.1 Å². The molecular weight excluding hydrogens is 388 g/mol. The van der Waals surface area contributed by atoms with E-state index in [0.29, 0.717) is 0 Å². The van der Waals surface area contributed by atoms with Crippen LogP contribution in [-0.2, 0) is 11.3 Å². The van der Waals surface area contributed by atoms with Gasteiger partial charge >= 0.3 is 6.36 Å². The number of rotatable bonds is 6. The second-order valence-corrected chi connectivity index (χ2v) is 6.27. The molecule has 0 aliphatic rings. The lowest BCUT2D eigenvalue weighted by molar-refractivity contribution is -0.275. The van der Waals surface area contributed by atoms with Crippen LogP contribution in [0.1, 0.15) is 12.5 Å². The fraction of sp³-hybridized carbons (Fsp3) is 0.278. The van der Waals surface area contributed by atoms with Gasteiger partial charge in [-0.15, -0.1) is 13.2 Å². The second-order valence-electron chi connectivity index (χ2n) is 5.86. The topological polar surface area (TPSA) is 41.6 Å². The Hall–Kier alpha value is -2.32. The van der Waals surface area contributed by atoms with Crippen LogP contribution < -0.4 is 10.1 Å². The molecule has 4 nitrogen and oxygen atoms in total. The van der Waals surface area contributed by atoms with Crippen LogP contribution in [0, 0.1) is 5.82 Å². The molecule has 2 aromatic carbocycles. The maximum Gasteiger partial charge on any atom is 0.573 e. The highest BCUT2D eigenvalue weighted by Gasteiger charge is 2.32. The van der Waals surface area contributed by atoms with Crippen molar-refractivity contribution in [3.05, 3.63) is 58.9 Å². The number of likely N-dealkylation sites (N-methyl/N-ethyl adjacent to an activating group) is 1. The van der Waals surface area contributed by atoms with Crippen molar-refractivity contribution in [2.75, 3.05) is 12.4 Å². The van der Waals surface area contributed by atoms with Gasteiger partial charge in [0, 0.05) is 12.1 Å². The lowest BCUT2D eigenvalue weighted by atomic mass is 10.1. The molecule has 27 heavy (non-hydrogen) atoms. The number of nitrogens with zero attached hydrogens (tertiary/aromatic N) is 1. The zero-order valence-corrected chi connectivity index (χ0v) is 15.2. The van der Waals surface area contributed by atoms with Crippen molar-refractivity contribution < 1.29 is 27.1 Å². The summed E-state index contributed by atoms with van der Waals surface area (Å²) in [5, 5.41) is 2.61. The van der Waals surface area contributed by atoms with E-state index in [-0.39, 0.29) is 28.6 Å². The summed E-state index contributed by atoms with van der Waals surface area (Å²) in [5.74, 6) is -1.31. The minimum absolute atomic E-state index is 0.0397. The number of hydrogen-bond acceptors (Lipinski definition) is 3. The fourth-order valence-electron chi connectivity index (χ4n) is 2.29. The maximum atomic E-state index is 13.1. The molecule has 9 heteroatoms. The van der Waals surface area contributed by atoms with Gasteiger partial charge in [0.05, 0.1) is 16.8 Å². The first-order valence-electron chi connectivity index (χ1n) is 7.86. The number of para-hydroxylation sites is 1. The highest BCUT2D eigenvalue weighted by atomic mass is 35.5. The number of halogens is 5. The molecule has 0 radical (unpaired) electrons. The van der Waals surface area contributed by atoms with Crippen LogP contribution in [0.15, 0.2) is 42.5 Å². The zero-order valence-electron chi connectivity index (χ0n) is 14.5. The van der Waals surface area contributed by atoms with Crippen LogP contribution in [0.5, 0.6) is 5.75 Å². The van der Waals surface area contributed by atoms with Crippen LogP contribution in [-0.4, -0.2) is 30.3 Å². The lowest BCUT2D eigenvalue weighted by Gasteiger charge is -2.25. The molecule has 0 aromatic heterocycles. The third kappa shape index (κ3) is 6.11. The fourth-order valence-corrected chi connectivity index (χ4v) is 2.51. The SMILES string of the molecule is CC(C(=O)Nc1ccc(F)cc1Cl)N(C)Cc1ccccc1OC(F)(F)F. The number of anilines is 1. The summed E-state index contributed by atoms with van der Waals surface area (Å²) in [7, 11) is 1.58. The van der Waals surface area contributed by atoms with Crippen LogP contribution >= 0.6 is 11.6 Å². The molecule has 1 N–H and O–H groups in total. The Kier molecular flexibility index (Phi) is 6.67. The van der Waals surface area contributed by atoms with E-state index in [9.17, 15) is 22.4 Å². The van der Waals surface area contributed by atoms with Crippen LogP contribution in [0.25, 0.3) is 0 Å². The van der Waals surface area contributed by atoms with Gasteiger partial charge in [-0.2, -0.15) is 0 Å². The normalized spacial score (nSPS) is 12.7. The first-order valence-corrected chi connectivity index (χ1v) is 8.24. The van der Waals surface area contributed by atoms with Gasteiger partial charge in [0.25, 0.3) is 0 Å². The molecule has 2 aromatic rings. The number of hydrogen-bond donors (Lipinski definition) is 1. The molecular formula is C18H17ClF4N2O2. The minimum Gasteiger partial charge on any atom is -0.405 e. The number of carbonyl (C=O) groups is 1. The molecule has 0 fully saturated rings. The van der Waals surface area contributed by atoms with E-state index >= 15 is 0 Å². The van der Waals surface area contributed by atoms with Gasteiger partial charge in [0.2, 0.25) is 5.91 Å². The highest BCUT2D eigenvalue weighted by Crippen LogP contribution is 2.27. The number of alkyl halides is 3. The van der Waals surface area contributed by atoms with Crippen LogP contribution in [0.3, 0.4) is 0 Å². The molecule has 0 heterocycles. The average molecular weight is 405 g/mol. The molecule has 0 saturated heterocycles. The summed E-state index contributed by atoms with van der Waals surface area (Å²) < 4.78 is 54.6. The monoisotopic (exact) mass is 404 g/mol. The average Bonchev–Trinajstić information content (AvgIpc) is 2.57. The molecule has 2 rings (SSSR count). The van der Waals surface area contributed by atoms with Crippen molar-refractivity contribution >= 4 is 23.2 Å². The van der Waals surface area contributed by atoms with Crippen molar-refractivity contribution in [1.82, 2.24) is 4.90 Å². The third-order valence-corrected chi connectivity index (χ3v) is 4.16. The first-order chi connectivity index (χ1) is 12.6. The van der Waals surface area contributed by atoms with E-state index in [0.717, 1.165) is 12.1 Å². The molecule has 0 aliphatic heterocycles. The summed E-state index contributed by atoms with van der Waals surface area (Å²) in [6, 6.07) is 8.54. The predicted octanol–water partition coefficient (Wildman–Crippen LogP) is 4.84. The van der Waals surface area contributed by atoms with Crippen molar-refractivity contribution in [3.63, 3.8) is 0 Å². The number of carbonyl (C=O) groups excluding carboxylic acids is 1. The Balaban J connectivity index is 2.07. The Labute approximate surface area is 158 Å². The number of benzene rings is 2. The summed E-state index contributed by atoms with van der Waals surface area (Å²) in [6.07, 6.45) is -4.81. The lowest BCUT2D eigenvalue weighted by Crippen LogP contribution is -2.39. The van der Waals surface area contributed by atoms with Gasteiger partial charge in [0.1, 0.15) is 11.6 Å². The third-order valence-electron chi connectivity index (χ3n) is 3.85. The molecule has 0 saturated carbocycles. The Bertz CT molecular complexity index is 814. The summed E-state index contributed by atoms with van der Waals surface area (Å²) in [5.41, 5.74) is 0.515. The van der Waals surface area contributed by atoms with Gasteiger partial charge in [-0.25, -0.2) is 4.39 Å². The first kappa shape index (κ1) is 21.0. The molecule has 0 bridgehead atoms. The molecule has 1 atom stereocenters. The van der Waals surface area contributed by atoms with Crippen molar-refractivity contribution in [1.29, 1.82) is 0 Å². The number of amides is 1. The second kappa shape index (κ2) is 8.58. The molecule has 1 unspecified atom stereocenters. The van der Waals surface area contributed by atoms with E-state index in [1.54, 1.807) is 24.9 Å². The van der Waals surface area contributed by atoms with Gasteiger partial charge in [-0.3, -0.25) is 9.69 Å². The zero-order chi connectivity index (χ0) is 20.2. The highest BCUT2D eigenvalue weighted by molar-refractivity contribution is 6.33. The predicted molar refractivity (Wildman–Crippen MR) is 94.1 cm³/mol. The maximum absolute atomic E-state index is 13.1. The quantitative estimate of drug-likeness (QED) is 0.701. The van der Waals surface area contributed by atoms with E-state index in [1.165, 1.54) is 24.3 Å². The Morgan fingerprint density at radius 3 is 2.56 bits per heavy atom. The molecule has 0 spiro atoms. The van der Waals surface area contributed by atoms with E-state index in [1.807, 2.05) is 0 Å². The Morgan fingerprint density at radius 1 is 1.26 bits per heavy atom. The molecule has 1 amide bonds. The van der Waals surface area contributed by atoms with Crippen molar-refractivity contribution in [2.45, 2.75) is 25.9 Å².